The van der Waals surface area contributed by atoms with Gasteiger partial charge in [-0.05, 0) is 25.2 Å². The largest absolute Gasteiger partial charge is 0.351 e. The van der Waals surface area contributed by atoms with Crippen LogP contribution in [0.1, 0.15) is 26.2 Å². The number of nitrogens with two attached hydrogens (primary N) is 1. The van der Waals surface area contributed by atoms with E-state index in [9.17, 15) is 4.79 Å². The van der Waals surface area contributed by atoms with Crippen LogP contribution in [-0.2, 0) is 0 Å². The Morgan fingerprint density at radius 3 is 2.58 bits per heavy atom. The van der Waals surface area contributed by atoms with Crippen molar-refractivity contribution < 1.29 is 4.79 Å². The maximum Gasteiger partial charge on any atom is 0.314 e. The van der Waals surface area contributed by atoms with E-state index in [0.29, 0.717) is 5.92 Å². The van der Waals surface area contributed by atoms with Crippen molar-refractivity contribution >= 4 is 6.03 Å². The number of carbonyl (C=O) groups excluding carboxylic acids is 1. The number of piperidine rings is 1. The third kappa shape index (κ3) is 2.40. The Morgan fingerprint density at radius 1 is 1.58 bits per heavy atom. The molecule has 0 aliphatic carbocycles. The van der Waals surface area contributed by atoms with Gasteiger partial charge in [0.25, 0.3) is 0 Å². The lowest BCUT2D eigenvalue weighted by Crippen LogP contribution is -2.41. The fraction of sp³-hybridized carbons (Fsp3) is 0.778. The second kappa shape index (κ2) is 4.33. The molecule has 69 valence electrons. The Balaban J connectivity index is 2.25. The van der Waals surface area contributed by atoms with Crippen LogP contribution in [0, 0.1) is 12.3 Å². The molecule has 1 saturated heterocycles. The summed E-state index contributed by atoms with van der Waals surface area (Å²) in [5.74, 6) is 0.700. The van der Waals surface area contributed by atoms with Gasteiger partial charge in [-0.3, -0.25) is 0 Å². The number of carbonyl (C=O) groups is 1. The van der Waals surface area contributed by atoms with Crippen molar-refractivity contribution in [2.45, 2.75) is 26.2 Å². The highest BCUT2D eigenvalue weighted by molar-refractivity contribution is 5.72. The van der Waals surface area contributed by atoms with E-state index in [0.717, 1.165) is 32.4 Å². The Bertz CT molecular complexity index is 151. The van der Waals surface area contributed by atoms with Crippen molar-refractivity contribution in [3.63, 3.8) is 0 Å². The summed E-state index contributed by atoms with van der Waals surface area (Å²) in [7, 11) is 0. The van der Waals surface area contributed by atoms with Gasteiger partial charge in [0, 0.05) is 13.1 Å². The zero-order valence-electron chi connectivity index (χ0n) is 7.62. The van der Waals surface area contributed by atoms with Crippen LogP contribution in [0.15, 0.2) is 0 Å². The molecular weight excluding hydrogens is 152 g/mol. The Labute approximate surface area is 73.9 Å². The quantitative estimate of drug-likeness (QED) is 0.667. The maximum atomic E-state index is 10.8. The van der Waals surface area contributed by atoms with Crippen LogP contribution >= 0.6 is 0 Å². The molecule has 1 aliphatic heterocycles. The summed E-state index contributed by atoms with van der Waals surface area (Å²) < 4.78 is 0. The first-order chi connectivity index (χ1) is 5.74. The molecule has 1 radical (unpaired) electrons. The van der Waals surface area contributed by atoms with Gasteiger partial charge < -0.3 is 10.6 Å². The Hall–Kier alpha value is -0.730. The molecule has 0 aromatic rings. The van der Waals surface area contributed by atoms with Crippen LogP contribution in [0.5, 0.6) is 0 Å². The number of rotatable bonds is 2. The highest BCUT2D eigenvalue weighted by Gasteiger charge is 2.20. The lowest BCUT2D eigenvalue weighted by atomic mass is 9.93. The lowest BCUT2D eigenvalue weighted by Gasteiger charge is -2.30. The minimum atomic E-state index is -0.273. The van der Waals surface area contributed by atoms with Crippen molar-refractivity contribution in [3.05, 3.63) is 6.42 Å². The fourth-order valence-electron chi connectivity index (χ4n) is 1.69. The first-order valence-electron chi connectivity index (χ1n) is 4.61. The zero-order chi connectivity index (χ0) is 8.97. The first kappa shape index (κ1) is 9.36. The van der Waals surface area contributed by atoms with Crippen LogP contribution in [0.4, 0.5) is 4.79 Å². The number of nitrogens with zero attached hydrogens (tertiary/aromatic N) is 1. The number of primary amides is 1. The van der Waals surface area contributed by atoms with Crippen LogP contribution in [0.2, 0.25) is 0 Å². The normalized spacial score (nSPS) is 19.6. The van der Waals surface area contributed by atoms with E-state index < -0.39 is 0 Å². The summed E-state index contributed by atoms with van der Waals surface area (Å²) in [6, 6.07) is -0.273. The predicted molar refractivity (Wildman–Crippen MR) is 48.5 cm³/mol. The van der Waals surface area contributed by atoms with Gasteiger partial charge in [0.15, 0.2) is 0 Å². The average molecular weight is 169 g/mol. The lowest BCUT2D eigenvalue weighted by molar-refractivity contribution is 0.184. The van der Waals surface area contributed by atoms with Crippen LogP contribution in [0.3, 0.4) is 0 Å². The number of amides is 2. The van der Waals surface area contributed by atoms with Crippen LogP contribution in [0.25, 0.3) is 0 Å². The summed E-state index contributed by atoms with van der Waals surface area (Å²) in [5, 5.41) is 0. The molecule has 1 aliphatic rings. The summed E-state index contributed by atoms with van der Waals surface area (Å²) in [4.78, 5) is 12.5. The van der Waals surface area contributed by atoms with Gasteiger partial charge in [0.05, 0.1) is 0 Å². The fourth-order valence-corrected chi connectivity index (χ4v) is 1.69. The molecule has 3 heteroatoms. The third-order valence-electron chi connectivity index (χ3n) is 2.42. The molecule has 2 amide bonds. The molecule has 0 saturated carbocycles. The van der Waals surface area contributed by atoms with Crippen molar-refractivity contribution in [1.82, 2.24) is 4.90 Å². The number of hydrogen-bond acceptors (Lipinski definition) is 1. The van der Waals surface area contributed by atoms with E-state index in [1.54, 1.807) is 4.90 Å². The molecule has 0 unspecified atom stereocenters. The smallest absolute Gasteiger partial charge is 0.314 e. The Kier molecular flexibility index (Phi) is 3.38. The van der Waals surface area contributed by atoms with Crippen molar-refractivity contribution in [2.75, 3.05) is 13.1 Å². The van der Waals surface area contributed by atoms with E-state index >= 15 is 0 Å². The summed E-state index contributed by atoms with van der Waals surface area (Å²) in [6.45, 7) is 3.81. The standard InChI is InChI=1S/C9H17N2O/c1-2-3-8-4-6-11(7-5-8)9(10)12/h3,8H,2,4-7H2,1H3,(H2,10,12). The van der Waals surface area contributed by atoms with E-state index in [1.165, 1.54) is 0 Å². The third-order valence-corrected chi connectivity index (χ3v) is 2.42. The first-order valence-corrected chi connectivity index (χ1v) is 4.61. The second-order valence-corrected chi connectivity index (χ2v) is 3.31. The SMILES string of the molecule is CC[CH]C1CCN(C(N)=O)CC1. The monoisotopic (exact) mass is 169 g/mol. The van der Waals surface area contributed by atoms with E-state index in [2.05, 4.69) is 13.3 Å². The van der Waals surface area contributed by atoms with Crippen LogP contribution < -0.4 is 5.73 Å². The molecule has 0 spiro atoms. The molecule has 0 bridgehead atoms. The van der Waals surface area contributed by atoms with Gasteiger partial charge >= 0.3 is 6.03 Å². The molecule has 1 heterocycles. The predicted octanol–water partition coefficient (Wildman–Crippen LogP) is 1.39. The minimum Gasteiger partial charge on any atom is -0.351 e. The minimum absolute atomic E-state index is 0.273. The van der Waals surface area contributed by atoms with Gasteiger partial charge in [0.1, 0.15) is 0 Å². The van der Waals surface area contributed by atoms with Crippen molar-refractivity contribution in [1.29, 1.82) is 0 Å². The molecule has 0 aromatic carbocycles. The average Bonchev–Trinajstić information content (AvgIpc) is 2.06. The molecule has 1 rings (SSSR count). The highest BCUT2D eigenvalue weighted by Crippen LogP contribution is 2.20. The molecule has 2 N–H and O–H groups in total. The highest BCUT2D eigenvalue weighted by atomic mass is 16.2. The maximum absolute atomic E-state index is 10.8. The molecule has 1 fully saturated rings. The molecule has 3 nitrogen and oxygen atoms in total. The molecule has 0 aromatic heterocycles. The second-order valence-electron chi connectivity index (χ2n) is 3.31. The summed E-state index contributed by atoms with van der Waals surface area (Å²) in [5.41, 5.74) is 5.16. The summed E-state index contributed by atoms with van der Waals surface area (Å²) >= 11 is 0. The zero-order valence-corrected chi connectivity index (χ0v) is 7.62. The molecule has 0 atom stereocenters. The van der Waals surface area contributed by atoms with Gasteiger partial charge in [0.2, 0.25) is 0 Å². The number of likely N-dealkylation sites (tertiary alicyclic amines) is 1. The van der Waals surface area contributed by atoms with Gasteiger partial charge in [-0.25, -0.2) is 4.79 Å². The van der Waals surface area contributed by atoms with Gasteiger partial charge in [-0.15, -0.1) is 0 Å². The van der Waals surface area contributed by atoms with E-state index in [-0.39, 0.29) is 6.03 Å². The van der Waals surface area contributed by atoms with E-state index in [1.807, 2.05) is 0 Å². The van der Waals surface area contributed by atoms with Gasteiger partial charge in [-0.1, -0.05) is 13.3 Å². The molecule has 12 heavy (non-hydrogen) atoms. The topological polar surface area (TPSA) is 46.3 Å². The molecular formula is C9H17N2O. The Morgan fingerprint density at radius 2 is 2.17 bits per heavy atom. The van der Waals surface area contributed by atoms with E-state index in [4.69, 9.17) is 5.73 Å². The van der Waals surface area contributed by atoms with Crippen LogP contribution in [-0.4, -0.2) is 24.0 Å². The van der Waals surface area contributed by atoms with Gasteiger partial charge in [-0.2, -0.15) is 0 Å². The van der Waals surface area contributed by atoms with Crippen molar-refractivity contribution in [2.24, 2.45) is 11.7 Å². The number of hydrogen-bond donors (Lipinski definition) is 1. The summed E-state index contributed by atoms with van der Waals surface area (Å²) in [6.07, 6.45) is 5.62. The van der Waals surface area contributed by atoms with Crippen molar-refractivity contribution in [3.8, 4) is 0 Å². The number of urea groups is 1.